The number of nitrogens with one attached hydrogen (secondary N) is 1. The first-order chi connectivity index (χ1) is 9.21. The molecule has 4 nitrogen and oxygen atoms in total. The maximum Gasteiger partial charge on any atom is 0.118 e. The summed E-state index contributed by atoms with van der Waals surface area (Å²) < 4.78 is 10.3. The molecular formula is C15H26N2O2. The lowest BCUT2D eigenvalue weighted by molar-refractivity contribution is 0.155. The van der Waals surface area contributed by atoms with Gasteiger partial charge in [-0.3, -0.25) is 0 Å². The zero-order valence-corrected chi connectivity index (χ0v) is 12.5. The van der Waals surface area contributed by atoms with E-state index in [1.807, 2.05) is 12.1 Å². The predicted octanol–water partition coefficient (Wildman–Crippen LogP) is 1.92. The molecule has 1 unspecified atom stereocenters. The number of benzene rings is 1. The van der Waals surface area contributed by atoms with Crippen molar-refractivity contribution in [2.24, 2.45) is 0 Å². The molecule has 0 aliphatic heterocycles. The normalized spacial score (nSPS) is 12.7. The first kappa shape index (κ1) is 16.0. The SMILES string of the molecule is CCNC(CN(C)CCOC)c1ccc(OC)cc1. The highest BCUT2D eigenvalue weighted by Gasteiger charge is 2.12. The summed E-state index contributed by atoms with van der Waals surface area (Å²) in [5, 5.41) is 3.52. The van der Waals surface area contributed by atoms with E-state index in [4.69, 9.17) is 9.47 Å². The number of methoxy groups -OCH3 is 2. The second kappa shape index (κ2) is 8.91. The van der Waals surface area contributed by atoms with E-state index >= 15 is 0 Å². The van der Waals surface area contributed by atoms with Crippen molar-refractivity contribution < 1.29 is 9.47 Å². The molecule has 0 saturated carbocycles. The Balaban J connectivity index is 2.64. The van der Waals surface area contributed by atoms with Crippen molar-refractivity contribution in [3.8, 4) is 5.75 Å². The maximum absolute atomic E-state index is 5.20. The van der Waals surface area contributed by atoms with Crippen LogP contribution in [-0.2, 0) is 4.74 Å². The van der Waals surface area contributed by atoms with E-state index in [-0.39, 0.29) is 0 Å². The van der Waals surface area contributed by atoms with Crippen LogP contribution >= 0.6 is 0 Å². The Hall–Kier alpha value is -1.10. The minimum absolute atomic E-state index is 0.331. The molecule has 0 fully saturated rings. The summed E-state index contributed by atoms with van der Waals surface area (Å²) in [4.78, 5) is 2.28. The number of ether oxygens (including phenoxy) is 2. The third-order valence-electron chi connectivity index (χ3n) is 3.14. The zero-order valence-electron chi connectivity index (χ0n) is 12.5. The summed E-state index contributed by atoms with van der Waals surface area (Å²) in [5.41, 5.74) is 1.28. The zero-order chi connectivity index (χ0) is 14.1. The fourth-order valence-corrected chi connectivity index (χ4v) is 2.02. The van der Waals surface area contributed by atoms with Gasteiger partial charge in [-0.1, -0.05) is 19.1 Å². The molecule has 0 heterocycles. The van der Waals surface area contributed by atoms with E-state index in [1.54, 1.807) is 14.2 Å². The number of nitrogens with zero attached hydrogens (tertiary/aromatic N) is 1. The molecule has 0 bridgehead atoms. The van der Waals surface area contributed by atoms with Gasteiger partial charge in [-0.15, -0.1) is 0 Å². The molecule has 1 aromatic carbocycles. The lowest BCUT2D eigenvalue weighted by atomic mass is 10.1. The van der Waals surface area contributed by atoms with Crippen molar-refractivity contribution >= 4 is 0 Å². The molecule has 0 aliphatic rings. The van der Waals surface area contributed by atoms with Gasteiger partial charge in [0.2, 0.25) is 0 Å². The van der Waals surface area contributed by atoms with Gasteiger partial charge in [0.25, 0.3) is 0 Å². The fourth-order valence-electron chi connectivity index (χ4n) is 2.02. The predicted molar refractivity (Wildman–Crippen MR) is 78.8 cm³/mol. The Kier molecular flexibility index (Phi) is 7.48. The molecular weight excluding hydrogens is 240 g/mol. The van der Waals surface area contributed by atoms with Crippen LogP contribution in [0.15, 0.2) is 24.3 Å². The molecule has 1 aromatic rings. The minimum atomic E-state index is 0.331. The monoisotopic (exact) mass is 266 g/mol. The Morgan fingerprint density at radius 2 is 1.89 bits per heavy atom. The summed E-state index contributed by atoms with van der Waals surface area (Å²) in [6.45, 7) is 5.75. The number of likely N-dealkylation sites (N-methyl/N-ethyl adjacent to an activating group) is 2. The van der Waals surface area contributed by atoms with Gasteiger partial charge in [0.05, 0.1) is 13.7 Å². The smallest absolute Gasteiger partial charge is 0.118 e. The van der Waals surface area contributed by atoms with E-state index < -0.39 is 0 Å². The third-order valence-corrected chi connectivity index (χ3v) is 3.14. The Morgan fingerprint density at radius 1 is 1.21 bits per heavy atom. The highest BCUT2D eigenvalue weighted by atomic mass is 16.5. The standard InChI is InChI=1S/C15H26N2O2/c1-5-16-15(12-17(2)10-11-18-3)13-6-8-14(19-4)9-7-13/h6-9,15-16H,5,10-12H2,1-4H3. The highest BCUT2D eigenvalue weighted by molar-refractivity contribution is 5.29. The molecule has 1 N–H and O–H groups in total. The van der Waals surface area contributed by atoms with Crippen LogP contribution in [0.4, 0.5) is 0 Å². The van der Waals surface area contributed by atoms with Crippen LogP contribution in [-0.4, -0.2) is 52.4 Å². The van der Waals surface area contributed by atoms with Gasteiger partial charge in [-0.25, -0.2) is 0 Å². The molecule has 0 aliphatic carbocycles. The van der Waals surface area contributed by atoms with Crippen molar-refractivity contribution in [3.05, 3.63) is 29.8 Å². The summed E-state index contributed by atoms with van der Waals surface area (Å²) in [7, 11) is 5.54. The molecule has 0 amide bonds. The van der Waals surface area contributed by atoms with Crippen LogP contribution in [0.1, 0.15) is 18.5 Å². The molecule has 0 spiro atoms. The van der Waals surface area contributed by atoms with Gasteiger partial charge < -0.3 is 19.7 Å². The quantitative estimate of drug-likeness (QED) is 0.740. The summed E-state index contributed by atoms with van der Waals surface area (Å²) in [6, 6.07) is 8.59. The van der Waals surface area contributed by atoms with Crippen molar-refractivity contribution in [2.45, 2.75) is 13.0 Å². The lowest BCUT2D eigenvalue weighted by Crippen LogP contribution is -2.34. The second-order valence-electron chi connectivity index (χ2n) is 4.64. The van der Waals surface area contributed by atoms with Gasteiger partial charge in [0, 0.05) is 26.2 Å². The second-order valence-corrected chi connectivity index (χ2v) is 4.64. The van der Waals surface area contributed by atoms with Crippen LogP contribution in [0.3, 0.4) is 0 Å². The number of rotatable bonds is 9. The van der Waals surface area contributed by atoms with Gasteiger partial charge in [0.15, 0.2) is 0 Å². The topological polar surface area (TPSA) is 33.7 Å². The molecule has 0 aromatic heterocycles. The van der Waals surface area contributed by atoms with Crippen LogP contribution in [0.2, 0.25) is 0 Å². The van der Waals surface area contributed by atoms with Crippen LogP contribution in [0.5, 0.6) is 5.75 Å². The van der Waals surface area contributed by atoms with E-state index in [0.29, 0.717) is 6.04 Å². The summed E-state index contributed by atoms with van der Waals surface area (Å²) in [5.74, 6) is 0.895. The molecule has 4 heteroatoms. The van der Waals surface area contributed by atoms with Crippen molar-refractivity contribution in [1.82, 2.24) is 10.2 Å². The van der Waals surface area contributed by atoms with Crippen molar-refractivity contribution in [1.29, 1.82) is 0 Å². The Bertz CT molecular complexity index is 341. The fraction of sp³-hybridized carbons (Fsp3) is 0.600. The molecule has 19 heavy (non-hydrogen) atoms. The molecule has 1 rings (SSSR count). The van der Waals surface area contributed by atoms with Gasteiger partial charge in [-0.05, 0) is 31.3 Å². The summed E-state index contributed by atoms with van der Waals surface area (Å²) >= 11 is 0. The molecule has 0 radical (unpaired) electrons. The molecule has 0 saturated heterocycles. The van der Waals surface area contributed by atoms with Crippen molar-refractivity contribution in [3.63, 3.8) is 0 Å². The van der Waals surface area contributed by atoms with Gasteiger partial charge in [0.1, 0.15) is 5.75 Å². The van der Waals surface area contributed by atoms with E-state index in [9.17, 15) is 0 Å². The lowest BCUT2D eigenvalue weighted by Gasteiger charge is -2.25. The highest BCUT2D eigenvalue weighted by Crippen LogP contribution is 2.18. The van der Waals surface area contributed by atoms with Crippen LogP contribution < -0.4 is 10.1 Å². The summed E-state index contributed by atoms with van der Waals surface area (Å²) in [6.07, 6.45) is 0. The number of hydrogen-bond donors (Lipinski definition) is 1. The molecule has 1 atom stereocenters. The average molecular weight is 266 g/mol. The first-order valence-corrected chi connectivity index (χ1v) is 6.76. The Labute approximate surface area is 116 Å². The van der Waals surface area contributed by atoms with E-state index in [2.05, 4.69) is 36.3 Å². The van der Waals surface area contributed by atoms with Crippen LogP contribution in [0.25, 0.3) is 0 Å². The first-order valence-electron chi connectivity index (χ1n) is 6.76. The van der Waals surface area contributed by atoms with Crippen molar-refractivity contribution in [2.75, 3.05) is 47.5 Å². The van der Waals surface area contributed by atoms with E-state index in [0.717, 1.165) is 32.0 Å². The largest absolute Gasteiger partial charge is 0.497 e. The maximum atomic E-state index is 5.20. The average Bonchev–Trinajstić information content (AvgIpc) is 2.45. The molecule has 108 valence electrons. The van der Waals surface area contributed by atoms with E-state index in [1.165, 1.54) is 5.56 Å². The number of hydrogen-bond acceptors (Lipinski definition) is 4. The Morgan fingerprint density at radius 3 is 2.42 bits per heavy atom. The van der Waals surface area contributed by atoms with Gasteiger partial charge >= 0.3 is 0 Å². The van der Waals surface area contributed by atoms with Crippen LogP contribution in [0, 0.1) is 0 Å². The van der Waals surface area contributed by atoms with Gasteiger partial charge in [-0.2, -0.15) is 0 Å². The minimum Gasteiger partial charge on any atom is -0.497 e. The third kappa shape index (κ3) is 5.59.